The number of imide groups is 2. The number of nitrogens with one attached hydrogen (secondary N) is 3. The lowest BCUT2D eigenvalue weighted by atomic mass is 9.86. The van der Waals surface area contributed by atoms with Crippen molar-refractivity contribution in [3.8, 4) is 0 Å². The van der Waals surface area contributed by atoms with Crippen molar-refractivity contribution in [2.75, 3.05) is 36.0 Å². The van der Waals surface area contributed by atoms with Crippen LogP contribution < -0.4 is 25.8 Å². The Morgan fingerprint density at radius 2 is 1.00 bits per heavy atom. The summed E-state index contributed by atoms with van der Waals surface area (Å²) in [6.07, 6.45) is 18.8. The van der Waals surface area contributed by atoms with Gasteiger partial charge in [0, 0.05) is 83.7 Å². The van der Waals surface area contributed by atoms with Crippen molar-refractivity contribution < 1.29 is 45.6 Å². The zero-order chi connectivity index (χ0) is 60.0. The zero-order valence-corrected chi connectivity index (χ0v) is 51.9. The van der Waals surface area contributed by atoms with Crippen LogP contribution in [0.3, 0.4) is 0 Å². The number of halogens is 2. The van der Waals surface area contributed by atoms with Crippen LogP contribution in [0.15, 0.2) is 85.5 Å². The number of piperidine rings is 4. The first-order valence-electron chi connectivity index (χ1n) is 29.6. The van der Waals surface area contributed by atoms with Crippen molar-refractivity contribution in [2.24, 2.45) is 0 Å². The predicted octanol–water partition coefficient (Wildman–Crippen LogP) is 8.52. The molecule has 14 rings (SSSR count). The van der Waals surface area contributed by atoms with E-state index in [1.165, 1.54) is 0 Å². The number of sulfonamides is 1. The Morgan fingerprint density at radius 1 is 0.575 bits per heavy atom. The standard InChI is InChI=1S/C31H35N5O5S.C26H27N5O3.C5H9ClO2S.CH4.ClH/c1-30(13-15-34(16-14-30)42(40,41)31(2)11-4-12-31)35-19-20(18-32-35)17-21-7-8-24-27-22(21)5-3-6-23(27)29(39)36(24)25-9-10-26(37)33-28(25)38;1-26(9-11-27-12-10-26)30-15-16(14-28-30)13-17-5-6-20-23-18(17)3-2-4-19(23)25(34)31(20)21-7-8-22(32)29-24(21)33;1-5(3-2-4-5)9(6,7)8;;/h3,5-8,18-19,25H,4,9-17H2,1-2H3,(H,33,37,38);2-6,14-15,21,27H,7-13H2,1H3,(H,29,32,33);2-4H2,1H3;1H4;1H. The highest BCUT2D eigenvalue weighted by atomic mass is 35.7. The maximum absolute atomic E-state index is 13.5. The number of benzene rings is 4. The topological polar surface area (TPSA) is 252 Å². The zero-order valence-electron chi connectivity index (χ0n) is 48.7. The van der Waals surface area contributed by atoms with E-state index in [-0.39, 0.29) is 67.4 Å². The van der Waals surface area contributed by atoms with Gasteiger partial charge in [-0.15, -0.1) is 12.4 Å². The van der Waals surface area contributed by atoms with E-state index in [2.05, 4.69) is 52.0 Å². The van der Waals surface area contributed by atoms with Crippen LogP contribution in [0, 0.1) is 0 Å². The fourth-order valence-corrected chi connectivity index (χ4v) is 17.0. The number of amides is 6. The van der Waals surface area contributed by atoms with Crippen molar-refractivity contribution in [1.82, 2.24) is 39.8 Å². The van der Waals surface area contributed by atoms with Gasteiger partial charge >= 0.3 is 0 Å². The first-order valence-corrected chi connectivity index (χ1v) is 33.3. The van der Waals surface area contributed by atoms with Crippen LogP contribution >= 0.6 is 23.1 Å². The van der Waals surface area contributed by atoms with E-state index in [1.807, 2.05) is 78.6 Å². The van der Waals surface area contributed by atoms with E-state index < -0.39 is 52.5 Å². The van der Waals surface area contributed by atoms with Gasteiger partial charge in [0.25, 0.3) is 11.8 Å². The van der Waals surface area contributed by atoms with Gasteiger partial charge in [0.1, 0.15) is 12.1 Å². The molecule has 6 amide bonds. The molecule has 8 heterocycles. The van der Waals surface area contributed by atoms with Crippen LogP contribution in [-0.2, 0) is 62.2 Å². The first-order chi connectivity index (χ1) is 40.4. The summed E-state index contributed by atoms with van der Waals surface area (Å²) < 4.78 is 52.4. The fourth-order valence-electron chi connectivity index (χ4n) is 13.6. The molecule has 0 bridgehead atoms. The summed E-state index contributed by atoms with van der Waals surface area (Å²) in [6.45, 7) is 11.0. The van der Waals surface area contributed by atoms with Crippen molar-refractivity contribution >= 4 is 111 Å². The number of nitrogens with zero attached hydrogens (tertiary/aromatic N) is 7. The Kier molecular flexibility index (Phi) is 17.3. The van der Waals surface area contributed by atoms with Crippen LogP contribution in [-0.4, -0.2) is 124 Å². The smallest absolute Gasteiger partial charge is 0.259 e. The number of carbonyl (C=O) groups excluding carboxylic acids is 6. The largest absolute Gasteiger partial charge is 0.317 e. The van der Waals surface area contributed by atoms with Crippen LogP contribution in [0.2, 0.25) is 0 Å². The molecule has 4 aromatic carbocycles. The molecular weight excluding hydrogens is 1190 g/mol. The Bertz CT molecular complexity index is 3990. The summed E-state index contributed by atoms with van der Waals surface area (Å²) >= 11 is 0. The van der Waals surface area contributed by atoms with Crippen LogP contribution in [0.25, 0.3) is 21.5 Å². The van der Waals surface area contributed by atoms with E-state index in [1.54, 1.807) is 27.1 Å². The molecule has 2 unspecified atom stereocenters. The molecule has 6 aliphatic heterocycles. The lowest BCUT2D eigenvalue weighted by Crippen LogP contribution is -2.55. The van der Waals surface area contributed by atoms with E-state index in [9.17, 15) is 45.6 Å². The third-order valence-electron chi connectivity index (χ3n) is 19.7. The van der Waals surface area contributed by atoms with Gasteiger partial charge in [-0.3, -0.25) is 58.6 Å². The van der Waals surface area contributed by atoms with Crippen LogP contribution in [0.4, 0.5) is 11.4 Å². The summed E-state index contributed by atoms with van der Waals surface area (Å²) in [4.78, 5) is 78.4. The molecule has 6 aromatic rings. The third-order valence-corrected chi connectivity index (χ3v) is 25.1. The van der Waals surface area contributed by atoms with Gasteiger partial charge in [0.05, 0.1) is 44.3 Å². The molecule has 8 aliphatic rings. The molecule has 87 heavy (non-hydrogen) atoms. The Morgan fingerprint density at radius 3 is 1.38 bits per heavy atom. The Balaban J connectivity index is 0.000000167. The number of hydrogen-bond donors (Lipinski definition) is 3. The molecule has 2 atom stereocenters. The van der Waals surface area contributed by atoms with E-state index in [4.69, 9.17) is 15.8 Å². The lowest BCUT2D eigenvalue weighted by molar-refractivity contribution is -0.135. The molecule has 4 saturated heterocycles. The average molecular weight is 1270 g/mol. The third kappa shape index (κ3) is 11.3. The molecule has 20 nitrogen and oxygen atoms in total. The summed E-state index contributed by atoms with van der Waals surface area (Å²) in [5.74, 6) is -1.85. The summed E-state index contributed by atoms with van der Waals surface area (Å²) in [7, 11) is -1.44. The minimum Gasteiger partial charge on any atom is -0.317 e. The van der Waals surface area contributed by atoms with Gasteiger partial charge in [0.2, 0.25) is 42.7 Å². The first kappa shape index (κ1) is 63.5. The Labute approximate surface area is 518 Å². The monoisotopic (exact) mass is 1270 g/mol. The van der Waals surface area contributed by atoms with Crippen molar-refractivity contribution in [1.29, 1.82) is 0 Å². The van der Waals surface area contributed by atoms with E-state index in [0.717, 1.165) is 114 Å². The second-order valence-corrected chi connectivity index (χ2v) is 30.9. The molecule has 2 saturated carbocycles. The minimum absolute atomic E-state index is 0. The second kappa shape index (κ2) is 23.8. The molecule has 0 radical (unpaired) electrons. The number of anilines is 2. The quantitative estimate of drug-likeness (QED) is 0.0813. The molecule has 0 spiro atoms. The van der Waals surface area contributed by atoms with Gasteiger partial charge in [-0.05, 0) is 162 Å². The highest BCUT2D eigenvalue weighted by Gasteiger charge is 2.50. The predicted molar refractivity (Wildman–Crippen MR) is 336 cm³/mol. The number of carbonyl (C=O) groups is 6. The molecule has 3 N–H and O–H groups in total. The lowest BCUT2D eigenvalue weighted by Gasteiger charge is -2.45. The van der Waals surface area contributed by atoms with Gasteiger partial charge in [-0.2, -0.15) is 10.2 Å². The van der Waals surface area contributed by atoms with E-state index in [0.29, 0.717) is 68.4 Å². The fraction of sp³-hybridized carbons (Fsp3) is 0.492. The molecule has 464 valence electrons. The molecule has 24 heteroatoms. The van der Waals surface area contributed by atoms with Crippen molar-refractivity contribution in [2.45, 2.75) is 171 Å². The summed E-state index contributed by atoms with van der Waals surface area (Å²) in [5, 5.41) is 21.2. The van der Waals surface area contributed by atoms with Gasteiger partial charge in [-0.1, -0.05) is 56.7 Å². The van der Waals surface area contributed by atoms with Crippen LogP contribution in [0.5, 0.6) is 0 Å². The second-order valence-electron chi connectivity index (χ2n) is 25.4. The Hall–Kier alpha value is -6.56. The van der Waals surface area contributed by atoms with Crippen molar-refractivity contribution in [3.05, 3.63) is 119 Å². The maximum atomic E-state index is 13.5. The molecule has 2 aromatic heterocycles. The highest BCUT2D eigenvalue weighted by molar-refractivity contribution is 8.14. The summed E-state index contributed by atoms with van der Waals surface area (Å²) in [5.41, 5.74) is 6.69. The number of hydrogen-bond acceptors (Lipinski definition) is 13. The van der Waals surface area contributed by atoms with E-state index >= 15 is 0 Å². The molecular formula is C63H76Cl2N10O10S2. The van der Waals surface area contributed by atoms with Crippen molar-refractivity contribution in [3.63, 3.8) is 0 Å². The normalized spacial score (nSPS) is 22.6. The molecule has 2 aliphatic carbocycles. The number of rotatable bonds is 11. The number of aromatic nitrogens is 4. The maximum Gasteiger partial charge on any atom is 0.259 e. The average Bonchev–Trinajstić information content (AvgIpc) is 1.68. The highest BCUT2D eigenvalue weighted by Crippen LogP contribution is 2.46. The summed E-state index contributed by atoms with van der Waals surface area (Å²) in [6, 6.07) is 17.9. The van der Waals surface area contributed by atoms with Gasteiger partial charge in [0.15, 0.2) is 0 Å². The minimum atomic E-state index is -3.30. The van der Waals surface area contributed by atoms with Gasteiger partial charge in [-0.25, -0.2) is 21.1 Å². The SMILES string of the molecule is C.CC1(S(=O)(=O)Cl)CCC1.CC1(n2cc(Cc3ccc4c5c(cccc35)C(=O)N4C3CCC(=O)NC3=O)cn2)CCN(S(=O)(=O)C2(C)CCC2)CC1.CC1(n2cc(Cc3ccc4c5c(cccc35)C(=O)N4C3CCC(=O)NC3=O)cn2)CCNCC1.Cl. The van der Waals surface area contributed by atoms with Crippen LogP contribution in [0.1, 0.15) is 168 Å². The molecule has 6 fully saturated rings. The van der Waals surface area contributed by atoms with Gasteiger partial charge < -0.3 is 5.32 Å².